The van der Waals surface area contributed by atoms with E-state index in [4.69, 9.17) is 13.7 Å². The van der Waals surface area contributed by atoms with Gasteiger partial charge in [-0.3, -0.25) is 4.79 Å². The predicted molar refractivity (Wildman–Crippen MR) is 111 cm³/mol. The molecule has 158 valence electrons. The third-order valence-electron chi connectivity index (χ3n) is 4.38. The third-order valence-corrected chi connectivity index (χ3v) is 5.53. The first-order chi connectivity index (χ1) is 13.7. The van der Waals surface area contributed by atoms with Crippen LogP contribution in [0.25, 0.3) is 0 Å². The molecule has 0 spiro atoms. The lowest BCUT2D eigenvalue weighted by Crippen LogP contribution is -2.36. The summed E-state index contributed by atoms with van der Waals surface area (Å²) in [5.41, 5.74) is 1.29. The maximum absolute atomic E-state index is 13.2. The Bertz CT molecular complexity index is 938. The van der Waals surface area contributed by atoms with Gasteiger partial charge in [0.25, 0.3) is 5.91 Å². The van der Waals surface area contributed by atoms with Crippen LogP contribution in [0.4, 0.5) is 0 Å². The fourth-order valence-electron chi connectivity index (χ4n) is 2.67. The Morgan fingerprint density at radius 3 is 2.14 bits per heavy atom. The Kier molecular flexibility index (Phi) is 7.50. The largest absolute Gasteiger partial charge is 0.497 e. The smallest absolute Gasteiger partial charge is 0.308 e. The molecule has 7 nitrogen and oxygen atoms in total. The average molecular weight is 422 g/mol. The standard InChI is InChI=1S/C21H27NO6S/c1-6-29(24,25)28-17-9-7-16(8-10-17)14-22(15(2)3)21(23)19-12-11-18(26-4)13-20(19)27-5/h7-13,15H,6,14H2,1-5H3. The van der Waals surface area contributed by atoms with E-state index in [1.807, 2.05) is 13.8 Å². The number of hydrogen-bond donors (Lipinski definition) is 0. The van der Waals surface area contributed by atoms with Gasteiger partial charge in [-0.15, -0.1) is 0 Å². The van der Waals surface area contributed by atoms with Crippen LogP contribution in [0.3, 0.4) is 0 Å². The topological polar surface area (TPSA) is 82.1 Å². The maximum Gasteiger partial charge on any atom is 0.308 e. The summed E-state index contributed by atoms with van der Waals surface area (Å²) in [5, 5.41) is 0. The molecule has 0 saturated carbocycles. The summed E-state index contributed by atoms with van der Waals surface area (Å²) in [6.45, 7) is 5.73. The molecule has 0 aliphatic carbocycles. The van der Waals surface area contributed by atoms with Crippen molar-refractivity contribution in [3.63, 3.8) is 0 Å². The summed E-state index contributed by atoms with van der Waals surface area (Å²) in [6, 6.07) is 11.7. The van der Waals surface area contributed by atoms with E-state index in [0.29, 0.717) is 23.6 Å². The second kappa shape index (κ2) is 9.65. The van der Waals surface area contributed by atoms with Crippen LogP contribution in [0.1, 0.15) is 36.7 Å². The number of rotatable bonds is 9. The molecule has 0 aromatic heterocycles. The molecule has 0 N–H and O–H groups in total. The van der Waals surface area contributed by atoms with Gasteiger partial charge < -0.3 is 18.6 Å². The van der Waals surface area contributed by atoms with Crippen LogP contribution in [0, 0.1) is 0 Å². The quantitative estimate of drug-likeness (QED) is 0.577. The first kappa shape index (κ1) is 22.5. The van der Waals surface area contributed by atoms with Crippen LogP contribution < -0.4 is 13.7 Å². The molecule has 1 amide bonds. The molecule has 0 bridgehead atoms. The normalized spacial score (nSPS) is 11.2. The maximum atomic E-state index is 13.2. The van der Waals surface area contributed by atoms with Gasteiger partial charge in [-0.25, -0.2) is 0 Å². The molecule has 2 aromatic carbocycles. The highest BCUT2D eigenvalue weighted by Crippen LogP contribution is 2.27. The van der Waals surface area contributed by atoms with Gasteiger partial charge in [0.15, 0.2) is 0 Å². The van der Waals surface area contributed by atoms with E-state index in [1.165, 1.54) is 14.0 Å². The van der Waals surface area contributed by atoms with E-state index < -0.39 is 10.1 Å². The third kappa shape index (κ3) is 5.87. The molecular formula is C21H27NO6S. The first-order valence-electron chi connectivity index (χ1n) is 9.24. The zero-order valence-electron chi connectivity index (χ0n) is 17.3. The highest BCUT2D eigenvalue weighted by atomic mass is 32.2. The predicted octanol–water partition coefficient (Wildman–Crippen LogP) is 3.48. The van der Waals surface area contributed by atoms with Crippen molar-refractivity contribution in [2.24, 2.45) is 0 Å². The van der Waals surface area contributed by atoms with E-state index in [-0.39, 0.29) is 23.5 Å². The minimum Gasteiger partial charge on any atom is -0.497 e. The van der Waals surface area contributed by atoms with E-state index in [9.17, 15) is 13.2 Å². The van der Waals surface area contributed by atoms with Crippen LogP contribution in [0.5, 0.6) is 17.2 Å². The SMILES string of the molecule is CCS(=O)(=O)Oc1ccc(CN(C(=O)c2ccc(OC)cc2OC)C(C)C)cc1. The molecule has 0 fully saturated rings. The van der Waals surface area contributed by atoms with Crippen LogP contribution in [-0.2, 0) is 16.7 Å². The zero-order chi connectivity index (χ0) is 21.6. The highest BCUT2D eigenvalue weighted by Gasteiger charge is 2.23. The Morgan fingerprint density at radius 1 is 1.00 bits per heavy atom. The van der Waals surface area contributed by atoms with Crippen molar-refractivity contribution >= 4 is 16.0 Å². The molecule has 0 saturated heterocycles. The van der Waals surface area contributed by atoms with Crippen molar-refractivity contribution in [3.05, 3.63) is 53.6 Å². The van der Waals surface area contributed by atoms with Gasteiger partial charge in [-0.05, 0) is 50.6 Å². The first-order valence-corrected chi connectivity index (χ1v) is 10.8. The number of benzene rings is 2. The molecule has 0 heterocycles. The van der Waals surface area contributed by atoms with Gasteiger partial charge in [0.1, 0.15) is 17.2 Å². The van der Waals surface area contributed by atoms with E-state index in [1.54, 1.807) is 54.5 Å². The number of carbonyl (C=O) groups excluding carboxylic acids is 1. The molecular weight excluding hydrogens is 394 g/mol. The fourth-order valence-corrected chi connectivity index (χ4v) is 3.19. The van der Waals surface area contributed by atoms with Gasteiger partial charge in [0, 0.05) is 18.7 Å². The Labute approximate surface area is 172 Å². The lowest BCUT2D eigenvalue weighted by atomic mass is 10.1. The molecule has 0 radical (unpaired) electrons. The second-order valence-electron chi connectivity index (χ2n) is 6.67. The molecule has 0 aliphatic rings. The number of hydrogen-bond acceptors (Lipinski definition) is 6. The lowest BCUT2D eigenvalue weighted by Gasteiger charge is -2.28. The van der Waals surface area contributed by atoms with Gasteiger partial charge in [0.05, 0.1) is 25.5 Å². The summed E-state index contributed by atoms with van der Waals surface area (Å²) in [4.78, 5) is 14.9. The van der Waals surface area contributed by atoms with Gasteiger partial charge in [-0.2, -0.15) is 8.42 Å². The number of methoxy groups -OCH3 is 2. The van der Waals surface area contributed by atoms with E-state index in [2.05, 4.69) is 0 Å². The van der Waals surface area contributed by atoms with E-state index in [0.717, 1.165) is 5.56 Å². The number of amides is 1. The summed E-state index contributed by atoms with van der Waals surface area (Å²) in [5.74, 6) is 1.01. The van der Waals surface area contributed by atoms with Crippen molar-refractivity contribution < 1.29 is 26.9 Å². The van der Waals surface area contributed by atoms with Crippen molar-refractivity contribution in [2.75, 3.05) is 20.0 Å². The van der Waals surface area contributed by atoms with Crippen LogP contribution in [0.15, 0.2) is 42.5 Å². The minimum atomic E-state index is -3.57. The molecule has 0 unspecified atom stereocenters. The van der Waals surface area contributed by atoms with Gasteiger partial charge >= 0.3 is 10.1 Å². The van der Waals surface area contributed by atoms with Gasteiger partial charge in [0.2, 0.25) is 0 Å². The highest BCUT2D eigenvalue weighted by molar-refractivity contribution is 7.87. The van der Waals surface area contributed by atoms with Crippen molar-refractivity contribution in [1.82, 2.24) is 4.90 Å². The molecule has 8 heteroatoms. The van der Waals surface area contributed by atoms with Crippen LogP contribution in [0.2, 0.25) is 0 Å². The molecule has 0 atom stereocenters. The molecule has 2 aromatic rings. The lowest BCUT2D eigenvalue weighted by molar-refractivity contribution is 0.0687. The van der Waals surface area contributed by atoms with Crippen molar-refractivity contribution in [2.45, 2.75) is 33.4 Å². The van der Waals surface area contributed by atoms with Crippen LogP contribution in [-0.4, -0.2) is 45.2 Å². The zero-order valence-corrected chi connectivity index (χ0v) is 18.2. The second-order valence-corrected chi connectivity index (χ2v) is 8.53. The summed E-state index contributed by atoms with van der Waals surface area (Å²) >= 11 is 0. The Hall–Kier alpha value is -2.74. The van der Waals surface area contributed by atoms with E-state index >= 15 is 0 Å². The number of carbonyl (C=O) groups is 1. The van der Waals surface area contributed by atoms with Crippen molar-refractivity contribution in [3.8, 4) is 17.2 Å². The Balaban J connectivity index is 2.23. The van der Waals surface area contributed by atoms with Gasteiger partial charge in [-0.1, -0.05) is 12.1 Å². The fraction of sp³-hybridized carbons (Fsp3) is 0.381. The van der Waals surface area contributed by atoms with Crippen molar-refractivity contribution in [1.29, 1.82) is 0 Å². The number of nitrogens with zero attached hydrogens (tertiary/aromatic N) is 1. The molecule has 2 rings (SSSR count). The average Bonchev–Trinajstić information content (AvgIpc) is 2.71. The minimum absolute atomic E-state index is 0.0642. The molecule has 0 aliphatic heterocycles. The summed E-state index contributed by atoms with van der Waals surface area (Å²) in [7, 11) is -0.514. The summed E-state index contributed by atoms with van der Waals surface area (Å²) in [6.07, 6.45) is 0. The summed E-state index contributed by atoms with van der Waals surface area (Å²) < 4.78 is 38.7. The Morgan fingerprint density at radius 2 is 1.62 bits per heavy atom. The van der Waals surface area contributed by atoms with Crippen LogP contribution >= 0.6 is 0 Å². The molecule has 29 heavy (non-hydrogen) atoms. The monoisotopic (exact) mass is 421 g/mol. The number of ether oxygens (including phenoxy) is 2.